The van der Waals surface area contributed by atoms with Crippen molar-refractivity contribution < 1.29 is 4.79 Å². The maximum atomic E-state index is 12.4. The van der Waals surface area contributed by atoms with E-state index in [4.69, 9.17) is 11.6 Å². The summed E-state index contributed by atoms with van der Waals surface area (Å²) in [5.41, 5.74) is 3.30. The average molecular weight is 367 g/mol. The standard InChI is InChI=1S/C20H19ClN4O/c1-13-10-17(21)8-9-18(13)25-20-22-11-16(12-23-20)19(26)24-14(2)15-6-4-3-5-7-15/h3-12,14H,1-2H3,(H,24,26)(H,22,23,25). The fourth-order valence-corrected chi connectivity index (χ4v) is 2.73. The molecule has 1 atom stereocenters. The molecule has 0 aliphatic heterocycles. The molecule has 3 aromatic rings. The van der Waals surface area contributed by atoms with Crippen molar-refractivity contribution in [2.45, 2.75) is 19.9 Å². The molecule has 0 bridgehead atoms. The quantitative estimate of drug-likeness (QED) is 0.688. The van der Waals surface area contributed by atoms with Gasteiger partial charge in [0.1, 0.15) is 0 Å². The summed E-state index contributed by atoms with van der Waals surface area (Å²) in [7, 11) is 0. The second-order valence-electron chi connectivity index (χ2n) is 5.99. The van der Waals surface area contributed by atoms with Crippen molar-refractivity contribution >= 4 is 29.1 Å². The van der Waals surface area contributed by atoms with Gasteiger partial charge in [0, 0.05) is 23.1 Å². The Morgan fingerprint density at radius 3 is 2.42 bits per heavy atom. The van der Waals surface area contributed by atoms with Crippen LogP contribution in [0.25, 0.3) is 0 Å². The maximum absolute atomic E-state index is 12.4. The summed E-state index contributed by atoms with van der Waals surface area (Å²) in [6.45, 7) is 3.88. The predicted molar refractivity (Wildman–Crippen MR) is 104 cm³/mol. The van der Waals surface area contributed by atoms with Crippen molar-refractivity contribution in [1.29, 1.82) is 0 Å². The second kappa shape index (κ2) is 7.97. The number of halogens is 1. The molecule has 1 aromatic heterocycles. The Morgan fingerprint density at radius 1 is 1.08 bits per heavy atom. The van der Waals surface area contributed by atoms with E-state index in [1.165, 1.54) is 12.4 Å². The van der Waals surface area contributed by atoms with Crippen LogP contribution in [0, 0.1) is 6.92 Å². The van der Waals surface area contributed by atoms with E-state index < -0.39 is 0 Å². The lowest BCUT2D eigenvalue weighted by atomic mass is 10.1. The van der Waals surface area contributed by atoms with Crippen LogP contribution in [0.1, 0.15) is 34.5 Å². The number of carbonyl (C=O) groups excluding carboxylic acids is 1. The molecule has 6 heteroatoms. The van der Waals surface area contributed by atoms with Gasteiger partial charge in [0.15, 0.2) is 0 Å². The fraction of sp³-hybridized carbons (Fsp3) is 0.150. The third kappa shape index (κ3) is 4.37. The molecule has 26 heavy (non-hydrogen) atoms. The number of amides is 1. The van der Waals surface area contributed by atoms with Gasteiger partial charge in [0.05, 0.1) is 11.6 Å². The van der Waals surface area contributed by atoms with Crippen molar-refractivity contribution in [3.05, 3.63) is 82.6 Å². The highest BCUT2D eigenvalue weighted by molar-refractivity contribution is 6.30. The number of aryl methyl sites for hydroxylation is 1. The number of nitrogens with zero attached hydrogens (tertiary/aromatic N) is 2. The van der Waals surface area contributed by atoms with Crippen LogP contribution in [0.15, 0.2) is 60.9 Å². The highest BCUT2D eigenvalue weighted by atomic mass is 35.5. The third-order valence-electron chi connectivity index (χ3n) is 4.00. The molecule has 1 heterocycles. The van der Waals surface area contributed by atoms with Gasteiger partial charge in [-0.25, -0.2) is 9.97 Å². The minimum absolute atomic E-state index is 0.0989. The number of benzene rings is 2. The van der Waals surface area contributed by atoms with Gasteiger partial charge in [-0.15, -0.1) is 0 Å². The zero-order chi connectivity index (χ0) is 18.5. The number of nitrogens with one attached hydrogen (secondary N) is 2. The molecule has 0 saturated heterocycles. The summed E-state index contributed by atoms with van der Waals surface area (Å²) in [5.74, 6) is 0.207. The van der Waals surface area contributed by atoms with E-state index in [9.17, 15) is 4.79 Å². The van der Waals surface area contributed by atoms with Gasteiger partial charge in [-0.1, -0.05) is 41.9 Å². The number of aromatic nitrogens is 2. The summed E-state index contributed by atoms with van der Waals surface area (Å²) in [6, 6.07) is 15.2. The van der Waals surface area contributed by atoms with Crippen LogP contribution in [0.3, 0.4) is 0 Å². The molecule has 0 saturated carbocycles. The second-order valence-corrected chi connectivity index (χ2v) is 6.42. The van der Waals surface area contributed by atoms with Gasteiger partial charge in [-0.05, 0) is 43.2 Å². The fourth-order valence-electron chi connectivity index (χ4n) is 2.50. The first-order valence-electron chi connectivity index (χ1n) is 8.24. The lowest BCUT2D eigenvalue weighted by molar-refractivity contribution is 0.0939. The smallest absolute Gasteiger partial charge is 0.254 e. The van der Waals surface area contributed by atoms with Crippen LogP contribution >= 0.6 is 11.6 Å². The molecule has 0 fully saturated rings. The molecule has 0 aliphatic rings. The molecule has 1 unspecified atom stereocenters. The number of rotatable bonds is 5. The topological polar surface area (TPSA) is 66.9 Å². The Labute approximate surface area is 157 Å². The summed E-state index contributed by atoms with van der Waals surface area (Å²) < 4.78 is 0. The van der Waals surface area contributed by atoms with Crippen molar-refractivity contribution in [1.82, 2.24) is 15.3 Å². The SMILES string of the molecule is Cc1cc(Cl)ccc1Nc1ncc(C(=O)NC(C)c2ccccc2)cn1. The predicted octanol–water partition coefficient (Wildman–Crippen LogP) is 4.67. The highest BCUT2D eigenvalue weighted by Crippen LogP contribution is 2.22. The Kier molecular flexibility index (Phi) is 5.49. The van der Waals surface area contributed by atoms with Crippen LogP contribution in [0.5, 0.6) is 0 Å². The van der Waals surface area contributed by atoms with Crippen LogP contribution in [0.4, 0.5) is 11.6 Å². The number of carbonyl (C=O) groups is 1. The Morgan fingerprint density at radius 2 is 1.77 bits per heavy atom. The maximum Gasteiger partial charge on any atom is 0.254 e. The Balaban J connectivity index is 1.66. The molecular weight excluding hydrogens is 348 g/mol. The van der Waals surface area contributed by atoms with E-state index in [0.29, 0.717) is 16.5 Å². The minimum atomic E-state index is -0.212. The Hall–Kier alpha value is -2.92. The molecule has 5 nitrogen and oxygen atoms in total. The normalized spacial score (nSPS) is 11.7. The van der Waals surface area contributed by atoms with E-state index in [-0.39, 0.29) is 11.9 Å². The molecule has 1 amide bonds. The number of hydrogen-bond acceptors (Lipinski definition) is 4. The van der Waals surface area contributed by atoms with Gasteiger partial charge in [-0.2, -0.15) is 0 Å². The van der Waals surface area contributed by atoms with E-state index in [0.717, 1.165) is 16.8 Å². The summed E-state index contributed by atoms with van der Waals surface area (Å²) in [5, 5.41) is 6.74. The van der Waals surface area contributed by atoms with Crippen LogP contribution in [0.2, 0.25) is 5.02 Å². The largest absolute Gasteiger partial charge is 0.345 e. The van der Waals surface area contributed by atoms with Gasteiger partial charge >= 0.3 is 0 Å². The molecule has 0 radical (unpaired) electrons. The molecule has 3 rings (SSSR count). The Bertz CT molecular complexity index is 897. The third-order valence-corrected chi connectivity index (χ3v) is 4.23. The average Bonchev–Trinajstić information content (AvgIpc) is 2.65. The number of hydrogen-bond donors (Lipinski definition) is 2. The number of anilines is 2. The van der Waals surface area contributed by atoms with E-state index in [2.05, 4.69) is 20.6 Å². The first-order valence-corrected chi connectivity index (χ1v) is 8.62. The van der Waals surface area contributed by atoms with Gasteiger partial charge in [0.2, 0.25) is 5.95 Å². The monoisotopic (exact) mass is 366 g/mol. The van der Waals surface area contributed by atoms with E-state index >= 15 is 0 Å². The van der Waals surface area contributed by atoms with Gasteiger partial charge in [-0.3, -0.25) is 4.79 Å². The first-order chi connectivity index (χ1) is 12.5. The summed E-state index contributed by atoms with van der Waals surface area (Å²) >= 11 is 5.96. The molecule has 2 N–H and O–H groups in total. The summed E-state index contributed by atoms with van der Waals surface area (Å²) in [4.78, 5) is 20.8. The van der Waals surface area contributed by atoms with Gasteiger partial charge < -0.3 is 10.6 Å². The highest BCUT2D eigenvalue weighted by Gasteiger charge is 2.12. The lowest BCUT2D eigenvalue weighted by Crippen LogP contribution is -2.26. The van der Waals surface area contributed by atoms with E-state index in [1.807, 2.05) is 56.3 Å². The van der Waals surface area contributed by atoms with Crippen LogP contribution < -0.4 is 10.6 Å². The van der Waals surface area contributed by atoms with Crippen molar-refractivity contribution in [3.63, 3.8) is 0 Å². The van der Waals surface area contributed by atoms with Crippen molar-refractivity contribution in [2.24, 2.45) is 0 Å². The first kappa shape index (κ1) is 17.9. The zero-order valence-corrected chi connectivity index (χ0v) is 15.3. The summed E-state index contributed by atoms with van der Waals surface area (Å²) in [6.07, 6.45) is 3.02. The van der Waals surface area contributed by atoms with Crippen molar-refractivity contribution in [2.75, 3.05) is 5.32 Å². The van der Waals surface area contributed by atoms with Gasteiger partial charge in [0.25, 0.3) is 5.91 Å². The van der Waals surface area contributed by atoms with Crippen molar-refractivity contribution in [3.8, 4) is 0 Å². The van der Waals surface area contributed by atoms with E-state index in [1.54, 1.807) is 6.07 Å². The molecular formula is C20H19ClN4O. The molecule has 0 aliphatic carbocycles. The molecule has 2 aromatic carbocycles. The molecule has 132 valence electrons. The molecule has 0 spiro atoms. The zero-order valence-electron chi connectivity index (χ0n) is 14.5. The van der Waals surface area contributed by atoms with Crippen LogP contribution in [-0.2, 0) is 0 Å². The minimum Gasteiger partial charge on any atom is -0.345 e. The lowest BCUT2D eigenvalue weighted by Gasteiger charge is -2.14. The van der Waals surface area contributed by atoms with Crippen LogP contribution in [-0.4, -0.2) is 15.9 Å².